The summed E-state index contributed by atoms with van der Waals surface area (Å²) in [5.74, 6) is -0.776. The van der Waals surface area contributed by atoms with Gasteiger partial charge in [-0.3, -0.25) is 4.79 Å². The van der Waals surface area contributed by atoms with Crippen LogP contribution in [0.5, 0.6) is 11.6 Å². The van der Waals surface area contributed by atoms with Crippen molar-refractivity contribution in [2.45, 2.75) is 6.92 Å². The summed E-state index contributed by atoms with van der Waals surface area (Å²) in [6.45, 7) is 1.90. The van der Waals surface area contributed by atoms with Crippen molar-refractivity contribution in [3.05, 3.63) is 89.4 Å². The number of aryl methyl sites for hydroxylation is 1. The van der Waals surface area contributed by atoms with Crippen molar-refractivity contribution in [1.82, 2.24) is 4.98 Å². The number of pyridine rings is 1. The molecule has 1 heterocycles. The van der Waals surface area contributed by atoms with Crippen molar-refractivity contribution < 1.29 is 13.9 Å². The Balaban J connectivity index is 2.03. The highest BCUT2D eigenvalue weighted by atomic mass is 19.1. The average molecular weight is 307 g/mol. The van der Waals surface area contributed by atoms with E-state index in [1.807, 2.05) is 13.0 Å². The number of ether oxygens (including phenoxy) is 1. The van der Waals surface area contributed by atoms with Crippen LogP contribution < -0.4 is 4.74 Å². The lowest BCUT2D eigenvalue weighted by Crippen LogP contribution is -2.05. The van der Waals surface area contributed by atoms with Crippen LogP contribution in [0.25, 0.3) is 0 Å². The van der Waals surface area contributed by atoms with Gasteiger partial charge >= 0.3 is 0 Å². The van der Waals surface area contributed by atoms with Gasteiger partial charge in [0.2, 0.25) is 5.88 Å². The van der Waals surface area contributed by atoms with E-state index in [1.165, 1.54) is 18.3 Å². The predicted octanol–water partition coefficient (Wildman–Crippen LogP) is 4.55. The topological polar surface area (TPSA) is 39.2 Å². The zero-order valence-corrected chi connectivity index (χ0v) is 12.5. The van der Waals surface area contributed by atoms with E-state index >= 15 is 0 Å². The lowest BCUT2D eigenvalue weighted by atomic mass is 10.0. The molecular weight excluding hydrogens is 293 g/mol. The number of nitrogens with zero attached hydrogens (tertiary/aromatic N) is 1. The highest BCUT2D eigenvalue weighted by Crippen LogP contribution is 2.29. The van der Waals surface area contributed by atoms with E-state index in [-0.39, 0.29) is 23.0 Å². The fraction of sp³-hybridized carbons (Fsp3) is 0.0526. The zero-order chi connectivity index (χ0) is 16.2. The molecule has 0 saturated heterocycles. The van der Waals surface area contributed by atoms with Gasteiger partial charge in [0, 0.05) is 17.8 Å². The second-order valence-corrected chi connectivity index (χ2v) is 5.09. The first kappa shape index (κ1) is 14.9. The van der Waals surface area contributed by atoms with Crippen LogP contribution in [-0.2, 0) is 0 Å². The van der Waals surface area contributed by atoms with E-state index in [2.05, 4.69) is 4.98 Å². The first-order valence-electron chi connectivity index (χ1n) is 7.14. The van der Waals surface area contributed by atoms with Gasteiger partial charge in [-0.15, -0.1) is 0 Å². The van der Waals surface area contributed by atoms with Crippen molar-refractivity contribution in [3.63, 3.8) is 0 Å². The van der Waals surface area contributed by atoms with Crippen molar-refractivity contribution in [2.24, 2.45) is 0 Å². The Bertz CT molecular complexity index is 847. The number of carbonyl (C=O) groups is 1. The van der Waals surface area contributed by atoms with Gasteiger partial charge < -0.3 is 4.74 Å². The largest absolute Gasteiger partial charge is 0.435 e. The third kappa shape index (κ3) is 3.26. The van der Waals surface area contributed by atoms with E-state index in [4.69, 9.17) is 4.74 Å². The molecule has 1 aromatic heterocycles. The second-order valence-electron chi connectivity index (χ2n) is 5.09. The molecule has 0 fully saturated rings. The van der Waals surface area contributed by atoms with Gasteiger partial charge in [-0.25, -0.2) is 9.37 Å². The van der Waals surface area contributed by atoms with Gasteiger partial charge in [0.1, 0.15) is 0 Å². The molecule has 0 spiro atoms. The maximum Gasteiger partial charge on any atom is 0.219 e. The molecule has 0 atom stereocenters. The Labute approximate surface area is 133 Å². The highest BCUT2D eigenvalue weighted by molar-refractivity contribution is 6.10. The summed E-state index contributed by atoms with van der Waals surface area (Å²) < 4.78 is 19.7. The summed E-state index contributed by atoms with van der Waals surface area (Å²) in [5, 5.41) is 0. The van der Waals surface area contributed by atoms with Gasteiger partial charge in [0.25, 0.3) is 0 Å². The quantitative estimate of drug-likeness (QED) is 0.664. The molecule has 2 aromatic carbocycles. The SMILES string of the molecule is Cc1cccc(C(=O)c2cccc(F)c2Oc2ccccn2)c1. The number of ketones is 1. The van der Waals surface area contributed by atoms with Crippen molar-refractivity contribution in [1.29, 1.82) is 0 Å². The third-order valence-electron chi connectivity index (χ3n) is 3.34. The molecule has 0 unspecified atom stereocenters. The Kier molecular flexibility index (Phi) is 4.15. The van der Waals surface area contributed by atoms with Crippen molar-refractivity contribution >= 4 is 5.78 Å². The summed E-state index contributed by atoms with van der Waals surface area (Å²) >= 11 is 0. The minimum atomic E-state index is -0.603. The van der Waals surface area contributed by atoms with Crippen LogP contribution in [0, 0.1) is 12.7 Å². The number of benzene rings is 2. The number of halogens is 1. The van der Waals surface area contributed by atoms with Gasteiger partial charge in [0.05, 0.1) is 5.56 Å². The Morgan fingerprint density at radius 2 is 1.87 bits per heavy atom. The predicted molar refractivity (Wildman–Crippen MR) is 85.3 cm³/mol. The first-order chi connectivity index (χ1) is 11.1. The first-order valence-corrected chi connectivity index (χ1v) is 7.14. The fourth-order valence-corrected chi connectivity index (χ4v) is 2.25. The molecule has 4 heteroatoms. The van der Waals surface area contributed by atoms with Crippen LogP contribution in [0.4, 0.5) is 4.39 Å². The van der Waals surface area contributed by atoms with Crippen LogP contribution in [0.2, 0.25) is 0 Å². The molecular formula is C19H14FNO2. The molecule has 3 nitrogen and oxygen atoms in total. The number of rotatable bonds is 4. The number of hydrogen-bond donors (Lipinski definition) is 0. The molecule has 0 aliphatic heterocycles. The van der Waals surface area contributed by atoms with E-state index < -0.39 is 5.82 Å². The summed E-state index contributed by atoms with van der Waals surface area (Å²) in [5.41, 5.74) is 1.61. The van der Waals surface area contributed by atoms with Gasteiger partial charge in [-0.05, 0) is 31.2 Å². The minimum Gasteiger partial charge on any atom is -0.435 e. The van der Waals surface area contributed by atoms with E-state index in [1.54, 1.807) is 42.5 Å². The smallest absolute Gasteiger partial charge is 0.219 e. The van der Waals surface area contributed by atoms with Crippen LogP contribution in [0.3, 0.4) is 0 Å². The van der Waals surface area contributed by atoms with Crippen LogP contribution in [0.15, 0.2) is 66.9 Å². The Morgan fingerprint density at radius 3 is 2.61 bits per heavy atom. The van der Waals surface area contributed by atoms with Crippen LogP contribution in [0.1, 0.15) is 21.5 Å². The molecule has 0 radical (unpaired) electrons. The van der Waals surface area contributed by atoms with Crippen LogP contribution >= 0.6 is 0 Å². The lowest BCUT2D eigenvalue weighted by molar-refractivity contribution is 0.103. The van der Waals surface area contributed by atoms with Gasteiger partial charge in [0.15, 0.2) is 17.3 Å². The minimum absolute atomic E-state index is 0.113. The summed E-state index contributed by atoms with van der Waals surface area (Å²) in [7, 11) is 0. The summed E-state index contributed by atoms with van der Waals surface area (Å²) in [6.07, 6.45) is 1.54. The molecule has 0 amide bonds. The standard InChI is InChI=1S/C19H14FNO2/c1-13-6-4-7-14(12-13)18(22)15-8-5-9-16(20)19(15)23-17-10-2-3-11-21-17/h2-12H,1H3. The number of para-hydroxylation sites is 1. The molecule has 0 saturated carbocycles. The zero-order valence-electron chi connectivity index (χ0n) is 12.5. The molecule has 0 N–H and O–H groups in total. The molecule has 114 valence electrons. The summed E-state index contributed by atoms with van der Waals surface area (Å²) in [6, 6.07) is 16.5. The summed E-state index contributed by atoms with van der Waals surface area (Å²) in [4.78, 5) is 16.7. The normalized spacial score (nSPS) is 10.3. The highest BCUT2D eigenvalue weighted by Gasteiger charge is 2.19. The van der Waals surface area contributed by atoms with Crippen molar-refractivity contribution in [3.8, 4) is 11.6 Å². The third-order valence-corrected chi connectivity index (χ3v) is 3.34. The van der Waals surface area contributed by atoms with Gasteiger partial charge in [-0.2, -0.15) is 0 Å². The molecule has 3 aromatic rings. The molecule has 3 rings (SSSR count). The number of carbonyl (C=O) groups excluding carboxylic acids is 1. The Hall–Kier alpha value is -3.01. The van der Waals surface area contributed by atoms with E-state index in [0.29, 0.717) is 5.56 Å². The number of hydrogen-bond acceptors (Lipinski definition) is 3. The molecule has 23 heavy (non-hydrogen) atoms. The van der Waals surface area contributed by atoms with Crippen LogP contribution in [-0.4, -0.2) is 10.8 Å². The lowest BCUT2D eigenvalue weighted by Gasteiger charge is -2.11. The molecule has 0 aliphatic carbocycles. The van der Waals surface area contributed by atoms with E-state index in [0.717, 1.165) is 5.56 Å². The number of aromatic nitrogens is 1. The maximum atomic E-state index is 14.2. The van der Waals surface area contributed by atoms with Crippen molar-refractivity contribution in [2.75, 3.05) is 0 Å². The monoisotopic (exact) mass is 307 g/mol. The molecule has 0 aliphatic rings. The fourth-order valence-electron chi connectivity index (χ4n) is 2.25. The molecule has 0 bridgehead atoms. The average Bonchev–Trinajstić information content (AvgIpc) is 2.57. The second kappa shape index (κ2) is 6.40. The van der Waals surface area contributed by atoms with Gasteiger partial charge in [-0.1, -0.05) is 35.9 Å². The van der Waals surface area contributed by atoms with E-state index in [9.17, 15) is 9.18 Å². The Morgan fingerprint density at radius 1 is 1.04 bits per heavy atom. The maximum absolute atomic E-state index is 14.2.